The van der Waals surface area contributed by atoms with Crippen molar-refractivity contribution in [3.05, 3.63) is 58.4 Å². The Balaban J connectivity index is 3.33. The summed E-state index contributed by atoms with van der Waals surface area (Å²) in [5.74, 6) is 0. The van der Waals surface area contributed by atoms with Gasteiger partial charge in [-0.25, -0.2) is 4.79 Å². The van der Waals surface area contributed by atoms with Crippen LogP contribution in [-0.2, 0) is 13.1 Å². The molecule has 0 fully saturated rings. The van der Waals surface area contributed by atoms with Gasteiger partial charge in [-0.1, -0.05) is 12.2 Å². The van der Waals surface area contributed by atoms with Crippen molar-refractivity contribution in [1.82, 2.24) is 9.13 Å². The highest BCUT2D eigenvalue weighted by Gasteiger charge is 2.01. The molecule has 0 aromatic carbocycles. The van der Waals surface area contributed by atoms with Gasteiger partial charge in [0.2, 0.25) is 0 Å². The Bertz CT molecular complexity index is 454. The molecule has 0 radical (unpaired) electrons. The second-order valence-electron chi connectivity index (χ2n) is 2.78. The normalized spacial score (nSPS) is 9.71. The lowest BCUT2D eigenvalue weighted by molar-refractivity contribution is 0.625. The first-order chi connectivity index (χ1) is 6.70. The summed E-state index contributed by atoms with van der Waals surface area (Å²) in [6.45, 7) is 7.64. The van der Waals surface area contributed by atoms with Crippen molar-refractivity contribution >= 4 is 0 Å². The monoisotopic (exact) mass is 192 g/mol. The van der Waals surface area contributed by atoms with E-state index in [0.717, 1.165) is 4.57 Å². The molecule has 0 spiro atoms. The first-order valence-corrected chi connectivity index (χ1v) is 4.22. The van der Waals surface area contributed by atoms with Crippen molar-refractivity contribution in [1.29, 1.82) is 0 Å². The Labute approximate surface area is 81.4 Å². The fourth-order valence-electron chi connectivity index (χ4n) is 1.13. The zero-order chi connectivity index (χ0) is 10.6. The molecule has 1 aromatic rings. The summed E-state index contributed by atoms with van der Waals surface area (Å²) in [7, 11) is 0. The molecule has 0 bridgehead atoms. The Morgan fingerprint density at radius 1 is 1.21 bits per heavy atom. The van der Waals surface area contributed by atoms with Gasteiger partial charge in [0.1, 0.15) is 0 Å². The largest absolute Gasteiger partial charge is 0.331 e. The van der Waals surface area contributed by atoms with Crippen LogP contribution < -0.4 is 11.2 Å². The minimum Gasteiger partial charge on any atom is -0.297 e. The SMILES string of the molecule is C=CCn1ccc(=O)n(CC=C)c1=O. The van der Waals surface area contributed by atoms with Crippen molar-refractivity contribution in [3.63, 3.8) is 0 Å². The molecule has 74 valence electrons. The second-order valence-corrected chi connectivity index (χ2v) is 2.78. The lowest BCUT2D eigenvalue weighted by atomic mass is 10.5. The van der Waals surface area contributed by atoms with E-state index in [2.05, 4.69) is 13.2 Å². The Hall–Kier alpha value is -1.84. The van der Waals surface area contributed by atoms with E-state index in [4.69, 9.17) is 0 Å². The topological polar surface area (TPSA) is 44.0 Å². The van der Waals surface area contributed by atoms with E-state index in [9.17, 15) is 9.59 Å². The lowest BCUT2D eigenvalue weighted by Gasteiger charge is -2.05. The molecule has 0 saturated heterocycles. The average molecular weight is 192 g/mol. The third kappa shape index (κ3) is 1.90. The summed E-state index contributed by atoms with van der Waals surface area (Å²) in [5, 5.41) is 0. The summed E-state index contributed by atoms with van der Waals surface area (Å²) in [4.78, 5) is 22.9. The maximum atomic E-state index is 11.6. The Morgan fingerprint density at radius 2 is 1.86 bits per heavy atom. The van der Waals surface area contributed by atoms with Crippen LogP contribution in [0.15, 0.2) is 47.2 Å². The van der Waals surface area contributed by atoms with Crippen LogP contribution in [-0.4, -0.2) is 9.13 Å². The molecule has 1 rings (SSSR count). The number of hydrogen-bond acceptors (Lipinski definition) is 2. The maximum Gasteiger partial charge on any atom is 0.331 e. The van der Waals surface area contributed by atoms with Crippen molar-refractivity contribution in [2.45, 2.75) is 13.1 Å². The van der Waals surface area contributed by atoms with Crippen molar-refractivity contribution < 1.29 is 0 Å². The van der Waals surface area contributed by atoms with E-state index in [0.29, 0.717) is 6.54 Å². The first kappa shape index (κ1) is 10.2. The standard InChI is InChI=1S/C10H12N2O2/c1-3-6-11-8-5-9(13)12(7-4-2)10(11)14/h3-5,8H,1-2,6-7H2. The van der Waals surface area contributed by atoms with Crippen LogP contribution in [0, 0.1) is 0 Å². The van der Waals surface area contributed by atoms with Crippen LogP contribution in [0.4, 0.5) is 0 Å². The minimum absolute atomic E-state index is 0.232. The van der Waals surface area contributed by atoms with Crippen molar-refractivity contribution in [2.24, 2.45) is 0 Å². The lowest BCUT2D eigenvalue weighted by Crippen LogP contribution is -2.38. The van der Waals surface area contributed by atoms with Gasteiger partial charge in [-0.3, -0.25) is 13.9 Å². The molecular weight excluding hydrogens is 180 g/mol. The van der Waals surface area contributed by atoms with Gasteiger partial charge in [0.25, 0.3) is 5.56 Å². The van der Waals surface area contributed by atoms with E-state index in [1.54, 1.807) is 6.08 Å². The highest BCUT2D eigenvalue weighted by molar-refractivity contribution is 4.89. The molecule has 0 aliphatic heterocycles. The number of rotatable bonds is 4. The fourth-order valence-corrected chi connectivity index (χ4v) is 1.13. The van der Waals surface area contributed by atoms with E-state index in [-0.39, 0.29) is 17.8 Å². The van der Waals surface area contributed by atoms with Gasteiger partial charge in [0, 0.05) is 25.4 Å². The maximum absolute atomic E-state index is 11.6. The van der Waals surface area contributed by atoms with Crippen LogP contribution in [0.1, 0.15) is 0 Å². The molecule has 1 heterocycles. The van der Waals surface area contributed by atoms with Crippen LogP contribution >= 0.6 is 0 Å². The zero-order valence-electron chi connectivity index (χ0n) is 7.85. The summed E-state index contributed by atoms with van der Waals surface area (Å²) < 4.78 is 2.54. The summed E-state index contributed by atoms with van der Waals surface area (Å²) >= 11 is 0. The summed E-state index contributed by atoms with van der Waals surface area (Å²) in [5.41, 5.74) is -0.646. The van der Waals surface area contributed by atoms with Crippen LogP contribution in [0.25, 0.3) is 0 Å². The number of hydrogen-bond donors (Lipinski definition) is 0. The highest BCUT2D eigenvalue weighted by Crippen LogP contribution is 1.80. The molecule has 14 heavy (non-hydrogen) atoms. The predicted molar refractivity (Wildman–Crippen MR) is 55.4 cm³/mol. The number of allylic oxidation sites excluding steroid dienone is 2. The Morgan fingerprint density at radius 3 is 2.43 bits per heavy atom. The van der Waals surface area contributed by atoms with Crippen LogP contribution in [0.5, 0.6) is 0 Å². The van der Waals surface area contributed by atoms with Gasteiger partial charge >= 0.3 is 5.69 Å². The average Bonchev–Trinajstić information content (AvgIpc) is 2.17. The van der Waals surface area contributed by atoms with Crippen molar-refractivity contribution in [2.75, 3.05) is 0 Å². The predicted octanol–water partition coefficient (Wildman–Crippen LogP) is 0.382. The third-order valence-electron chi connectivity index (χ3n) is 1.78. The molecule has 0 saturated carbocycles. The smallest absolute Gasteiger partial charge is 0.297 e. The van der Waals surface area contributed by atoms with Gasteiger partial charge in [-0.2, -0.15) is 0 Å². The van der Waals surface area contributed by atoms with Gasteiger partial charge in [0.15, 0.2) is 0 Å². The molecular formula is C10H12N2O2. The Kier molecular flexibility index (Phi) is 3.23. The molecule has 0 aliphatic carbocycles. The molecule has 0 N–H and O–H groups in total. The molecule has 0 unspecified atom stereocenters. The summed E-state index contributed by atoms with van der Waals surface area (Å²) in [6.07, 6.45) is 4.58. The number of aromatic nitrogens is 2. The molecule has 0 amide bonds. The van der Waals surface area contributed by atoms with E-state index in [1.165, 1.54) is 22.9 Å². The second kappa shape index (κ2) is 4.41. The quantitative estimate of drug-likeness (QED) is 0.647. The van der Waals surface area contributed by atoms with Gasteiger partial charge in [0.05, 0.1) is 0 Å². The van der Waals surface area contributed by atoms with Gasteiger partial charge < -0.3 is 0 Å². The highest BCUT2D eigenvalue weighted by atomic mass is 16.2. The third-order valence-corrected chi connectivity index (χ3v) is 1.78. The van der Waals surface area contributed by atoms with Gasteiger partial charge in [-0.05, 0) is 0 Å². The van der Waals surface area contributed by atoms with E-state index < -0.39 is 0 Å². The van der Waals surface area contributed by atoms with Crippen molar-refractivity contribution in [3.8, 4) is 0 Å². The first-order valence-electron chi connectivity index (χ1n) is 4.22. The van der Waals surface area contributed by atoms with E-state index >= 15 is 0 Å². The van der Waals surface area contributed by atoms with Gasteiger partial charge in [-0.15, -0.1) is 13.2 Å². The fraction of sp³-hybridized carbons (Fsp3) is 0.200. The van der Waals surface area contributed by atoms with E-state index in [1.807, 2.05) is 0 Å². The number of nitrogens with zero attached hydrogens (tertiary/aromatic N) is 2. The molecule has 1 aromatic heterocycles. The molecule has 0 atom stereocenters. The minimum atomic E-state index is -0.336. The van der Waals surface area contributed by atoms with Crippen LogP contribution in [0.2, 0.25) is 0 Å². The molecule has 0 aliphatic rings. The molecule has 4 nitrogen and oxygen atoms in total. The summed E-state index contributed by atoms with van der Waals surface area (Å²) in [6, 6.07) is 1.36. The molecule has 4 heteroatoms. The van der Waals surface area contributed by atoms with Crippen LogP contribution in [0.3, 0.4) is 0 Å². The zero-order valence-corrected chi connectivity index (χ0v) is 7.85.